The van der Waals surface area contributed by atoms with E-state index in [4.69, 9.17) is 16.3 Å². The van der Waals surface area contributed by atoms with E-state index in [0.29, 0.717) is 16.3 Å². The molecule has 1 nitrogen and oxygen atoms in total. The van der Waals surface area contributed by atoms with Crippen LogP contribution in [0.5, 0.6) is 5.75 Å². The van der Waals surface area contributed by atoms with Crippen LogP contribution in [0.1, 0.15) is 11.1 Å². The predicted octanol–water partition coefficient (Wildman–Crippen LogP) is 4.94. The summed E-state index contributed by atoms with van der Waals surface area (Å²) in [5, 5.41) is 0.425. The maximum absolute atomic E-state index is 12.5. The molecular formula is C14H10ClF3O. The largest absolute Gasteiger partial charge is 0.487 e. The second-order valence-corrected chi connectivity index (χ2v) is 4.32. The van der Waals surface area contributed by atoms with Crippen LogP contribution in [0, 0.1) is 0 Å². The summed E-state index contributed by atoms with van der Waals surface area (Å²) in [6.45, 7) is 0.0354. The fourth-order valence-electron chi connectivity index (χ4n) is 1.56. The summed E-state index contributed by atoms with van der Waals surface area (Å²) in [6, 6.07) is 11.8. The molecule has 0 fully saturated rings. The molecule has 0 amide bonds. The van der Waals surface area contributed by atoms with Crippen molar-refractivity contribution in [2.75, 3.05) is 0 Å². The van der Waals surface area contributed by atoms with E-state index in [-0.39, 0.29) is 6.61 Å². The van der Waals surface area contributed by atoms with Gasteiger partial charge in [0, 0.05) is 0 Å². The van der Waals surface area contributed by atoms with Crippen LogP contribution in [0.15, 0.2) is 48.5 Å². The number of alkyl halides is 3. The average molecular weight is 287 g/mol. The molecule has 5 heteroatoms. The van der Waals surface area contributed by atoms with Crippen molar-refractivity contribution in [3.05, 3.63) is 64.7 Å². The van der Waals surface area contributed by atoms with Crippen molar-refractivity contribution in [2.45, 2.75) is 12.8 Å². The predicted molar refractivity (Wildman–Crippen MR) is 67.2 cm³/mol. The molecule has 0 atom stereocenters. The number of hydrogen-bond donors (Lipinski definition) is 0. The Balaban J connectivity index is 2.10. The molecule has 2 aromatic carbocycles. The van der Waals surface area contributed by atoms with Gasteiger partial charge in [-0.25, -0.2) is 0 Å². The van der Waals surface area contributed by atoms with Crippen molar-refractivity contribution < 1.29 is 17.9 Å². The maximum atomic E-state index is 12.5. The van der Waals surface area contributed by atoms with Gasteiger partial charge in [-0.2, -0.15) is 13.2 Å². The van der Waals surface area contributed by atoms with Crippen LogP contribution in [0.3, 0.4) is 0 Å². The van der Waals surface area contributed by atoms with E-state index in [0.717, 1.165) is 12.1 Å². The Hall–Kier alpha value is -1.68. The normalized spacial score (nSPS) is 11.4. The number of para-hydroxylation sites is 1. The summed E-state index contributed by atoms with van der Waals surface area (Å²) in [6.07, 6.45) is -4.35. The molecule has 0 heterocycles. The van der Waals surface area contributed by atoms with Crippen LogP contribution in [0.4, 0.5) is 13.2 Å². The highest BCUT2D eigenvalue weighted by atomic mass is 35.5. The number of benzene rings is 2. The second kappa shape index (κ2) is 5.53. The van der Waals surface area contributed by atoms with Crippen molar-refractivity contribution in [3.8, 4) is 5.75 Å². The standard InChI is InChI=1S/C14H10ClF3O/c15-12-6-1-2-7-13(12)19-9-10-4-3-5-11(8-10)14(16,17)18/h1-8H,9H2. The number of ether oxygens (including phenoxy) is 1. The highest BCUT2D eigenvalue weighted by molar-refractivity contribution is 6.32. The summed E-state index contributed by atoms with van der Waals surface area (Å²) in [5.74, 6) is 0.446. The lowest BCUT2D eigenvalue weighted by atomic mass is 10.1. The minimum Gasteiger partial charge on any atom is -0.487 e. The molecule has 2 aromatic rings. The zero-order valence-electron chi connectivity index (χ0n) is 9.75. The third kappa shape index (κ3) is 3.64. The van der Waals surface area contributed by atoms with E-state index >= 15 is 0 Å². The quantitative estimate of drug-likeness (QED) is 0.777. The van der Waals surface area contributed by atoms with Gasteiger partial charge < -0.3 is 4.74 Å². The smallest absolute Gasteiger partial charge is 0.416 e. The fraction of sp³-hybridized carbons (Fsp3) is 0.143. The minimum atomic E-state index is -4.35. The SMILES string of the molecule is FC(F)(F)c1cccc(COc2ccccc2Cl)c1. The first-order valence-electron chi connectivity index (χ1n) is 5.50. The third-order valence-corrected chi connectivity index (χ3v) is 2.80. The van der Waals surface area contributed by atoms with Gasteiger partial charge in [-0.3, -0.25) is 0 Å². The van der Waals surface area contributed by atoms with Gasteiger partial charge in [0.05, 0.1) is 10.6 Å². The Morgan fingerprint density at radius 2 is 1.74 bits per heavy atom. The van der Waals surface area contributed by atoms with Gasteiger partial charge in [0.2, 0.25) is 0 Å². The van der Waals surface area contributed by atoms with Crippen LogP contribution in [-0.4, -0.2) is 0 Å². The molecule has 100 valence electrons. The van der Waals surface area contributed by atoms with Gasteiger partial charge in [0.15, 0.2) is 0 Å². The zero-order chi connectivity index (χ0) is 13.9. The Bertz CT molecular complexity index is 567. The van der Waals surface area contributed by atoms with E-state index in [9.17, 15) is 13.2 Å². The fourth-order valence-corrected chi connectivity index (χ4v) is 1.75. The van der Waals surface area contributed by atoms with Crippen LogP contribution in [-0.2, 0) is 12.8 Å². The summed E-state index contributed by atoms with van der Waals surface area (Å²) >= 11 is 5.89. The van der Waals surface area contributed by atoms with Gasteiger partial charge >= 0.3 is 6.18 Å². The van der Waals surface area contributed by atoms with E-state index < -0.39 is 11.7 Å². The van der Waals surface area contributed by atoms with E-state index in [1.54, 1.807) is 30.3 Å². The Kier molecular flexibility index (Phi) is 4.00. The molecule has 0 aliphatic rings. The van der Waals surface area contributed by atoms with E-state index in [1.807, 2.05) is 0 Å². The summed E-state index contributed by atoms with van der Waals surface area (Å²) in [5.41, 5.74) is -0.248. The molecular weight excluding hydrogens is 277 g/mol. The molecule has 2 rings (SSSR count). The summed E-state index contributed by atoms with van der Waals surface area (Å²) in [7, 11) is 0. The number of hydrogen-bond acceptors (Lipinski definition) is 1. The average Bonchev–Trinajstić information content (AvgIpc) is 2.37. The molecule has 0 N–H and O–H groups in total. The Labute approximate surface area is 113 Å². The van der Waals surface area contributed by atoms with Crippen LogP contribution in [0.2, 0.25) is 5.02 Å². The molecule has 19 heavy (non-hydrogen) atoms. The molecule has 0 radical (unpaired) electrons. The van der Waals surface area contributed by atoms with Gasteiger partial charge in [-0.05, 0) is 29.8 Å². The molecule has 0 aromatic heterocycles. The van der Waals surface area contributed by atoms with Crippen molar-refractivity contribution >= 4 is 11.6 Å². The molecule has 0 bridgehead atoms. The number of halogens is 4. The maximum Gasteiger partial charge on any atom is 0.416 e. The first kappa shape index (κ1) is 13.7. The topological polar surface area (TPSA) is 9.23 Å². The van der Waals surface area contributed by atoms with Crippen molar-refractivity contribution in [1.82, 2.24) is 0 Å². The lowest BCUT2D eigenvalue weighted by molar-refractivity contribution is -0.137. The molecule has 0 spiro atoms. The van der Waals surface area contributed by atoms with E-state index in [1.165, 1.54) is 6.07 Å². The summed E-state index contributed by atoms with van der Waals surface area (Å²) < 4.78 is 43.0. The highest BCUT2D eigenvalue weighted by Gasteiger charge is 2.30. The van der Waals surface area contributed by atoms with Crippen molar-refractivity contribution in [3.63, 3.8) is 0 Å². The van der Waals surface area contributed by atoms with Gasteiger partial charge in [-0.1, -0.05) is 35.9 Å². The third-order valence-electron chi connectivity index (χ3n) is 2.49. The van der Waals surface area contributed by atoms with Gasteiger partial charge in [0.1, 0.15) is 12.4 Å². The van der Waals surface area contributed by atoms with Crippen LogP contribution in [0.25, 0.3) is 0 Å². The first-order chi connectivity index (χ1) is 8.97. The van der Waals surface area contributed by atoms with Gasteiger partial charge in [0.25, 0.3) is 0 Å². The molecule has 0 saturated carbocycles. The Morgan fingerprint density at radius 1 is 1.00 bits per heavy atom. The highest BCUT2D eigenvalue weighted by Crippen LogP contribution is 2.30. The lowest BCUT2D eigenvalue weighted by Crippen LogP contribution is -2.06. The van der Waals surface area contributed by atoms with Crippen molar-refractivity contribution in [1.29, 1.82) is 0 Å². The molecule has 0 saturated heterocycles. The monoisotopic (exact) mass is 286 g/mol. The Morgan fingerprint density at radius 3 is 2.42 bits per heavy atom. The number of rotatable bonds is 3. The molecule has 0 aliphatic carbocycles. The van der Waals surface area contributed by atoms with Crippen LogP contribution < -0.4 is 4.74 Å². The zero-order valence-corrected chi connectivity index (χ0v) is 10.5. The van der Waals surface area contributed by atoms with Crippen molar-refractivity contribution in [2.24, 2.45) is 0 Å². The van der Waals surface area contributed by atoms with E-state index in [2.05, 4.69) is 0 Å². The minimum absolute atomic E-state index is 0.0354. The lowest BCUT2D eigenvalue weighted by Gasteiger charge is -2.10. The summed E-state index contributed by atoms with van der Waals surface area (Å²) in [4.78, 5) is 0. The van der Waals surface area contributed by atoms with Crippen LogP contribution >= 0.6 is 11.6 Å². The molecule has 0 unspecified atom stereocenters. The van der Waals surface area contributed by atoms with Gasteiger partial charge in [-0.15, -0.1) is 0 Å². The molecule has 0 aliphatic heterocycles. The first-order valence-corrected chi connectivity index (χ1v) is 5.88. The second-order valence-electron chi connectivity index (χ2n) is 3.92.